The molecule has 0 heterocycles. The van der Waals surface area contributed by atoms with Crippen molar-refractivity contribution in [2.24, 2.45) is 11.3 Å². The summed E-state index contributed by atoms with van der Waals surface area (Å²) >= 11 is 0. The van der Waals surface area contributed by atoms with Gasteiger partial charge >= 0.3 is 0 Å². The van der Waals surface area contributed by atoms with Gasteiger partial charge in [0.15, 0.2) is 0 Å². The van der Waals surface area contributed by atoms with Gasteiger partial charge in [0.25, 0.3) is 5.91 Å². The molecule has 0 saturated carbocycles. The Labute approximate surface area is 268 Å². The van der Waals surface area contributed by atoms with Crippen molar-refractivity contribution < 1.29 is 27.2 Å². The lowest BCUT2D eigenvalue weighted by Gasteiger charge is -2.40. The van der Waals surface area contributed by atoms with E-state index in [0.29, 0.717) is 5.56 Å². The molecule has 0 aliphatic carbocycles. The molecule has 3 amide bonds. The minimum atomic E-state index is -4.07. The van der Waals surface area contributed by atoms with E-state index < -0.39 is 56.5 Å². The maximum atomic E-state index is 14.0. The monoisotopic (exact) mass is 644 g/mol. The Morgan fingerprint density at radius 3 is 1.98 bits per heavy atom. The summed E-state index contributed by atoms with van der Waals surface area (Å²) in [5, 5.41) is 6.12. The first-order valence-corrected chi connectivity index (χ1v) is 16.6. The third kappa shape index (κ3) is 10.2. The van der Waals surface area contributed by atoms with E-state index in [0.717, 1.165) is 17.7 Å². The molecule has 0 saturated heterocycles. The normalized spacial score (nSPS) is 14.8. The second-order valence-electron chi connectivity index (χ2n) is 13.5. The van der Waals surface area contributed by atoms with E-state index in [1.54, 1.807) is 20.2 Å². The van der Waals surface area contributed by atoms with Crippen LogP contribution in [0.1, 0.15) is 66.5 Å². The number of sulfonamides is 1. The standard InChI is InChI=1S/C34H49FN4O5S/c1-22(2)27(20-23(3)30(40)38-45(43,44)21-24-16-18-26(35)19-17-24)39(10)32(42)29(33(4,5)6)37-31(41)28(36-9)34(7,8)25-14-12-11-13-15-25/h11-20,22,27-29,36H,21H2,1-10H3,(H,37,41)(H,38,40)/b23-20+/t27-,28-,29-/m1/s1. The van der Waals surface area contributed by atoms with Gasteiger partial charge in [-0.2, -0.15) is 0 Å². The van der Waals surface area contributed by atoms with E-state index in [1.165, 1.54) is 24.0 Å². The van der Waals surface area contributed by atoms with Gasteiger partial charge in [-0.3, -0.25) is 14.4 Å². The van der Waals surface area contributed by atoms with Gasteiger partial charge in [-0.15, -0.1) is 0 Å². The summed E-state index contributed by atoms with van der Waals surface area (Å²) in [5.74, 6) is -2.66. The predicted molar refractivity (Wildman–Crippen MR) is 176 cm³/mol. The third-order valence-electron chi connectivity index (χ3n) is 7.96. The largest absolute Gasteiger partial charge is 0.342 e. The number of halogens is 1. The Kier molecular flexibility index (Phi) is 12.7. The van der Waals surface area contributed by atoms with Crippen molar-refractivity contribution in [1.82, 2.24) is 20.3 Å². The Morgan fingerprint density at radius 1 is 0.933 bits per heavy atom. The Morgan fingerprint density at radius 2 is 1.49 bits per heavy atom. The minimum absolute atomic E-state index is 0.104. The van der Waals surface area contributed by atoms with Crippen molar-refractivity contribution in [3.63, 3.8) is 0 Å². The van der Waals surface area contributed by atoms with Crippen LogP contribution < -0.4 is 15.4 Å². The topological polar surface area (TPSA) is 125 Å². The van der Waals surface area contributed by atoms with Crippen LogP contribution >= 0.6 is 0 Å². The molecule has 0 aliphatic heterocycles. The van der Waals surface area contributed by atoms with Crippen LogP contribution in [0.15, 0.2) is 66.2 Å². The molecule has 0 fully saturated rings. The van der Waals surface area contributed by atoms with Crippen LogP contribution in [0.25, 0.3) is 0 Å². The summed E-state index contributed by atoms with van der Waals surface area (Å²) in [4.78, 5) is 42.2. The van der Waals surface area contributed by atoms with Crippen molar-refractivity contribution in [3.8, 4) is 0 Å². The molecule has 3 atom stereocenters. The number of carbonyl (C=O) groups excluding carboxylic acids is 3. The molecule has 2 aromatic carbocycles. The highest BCUT2D eigenvalue weighted by Gasteiger charge is 2.41. The van der Waals surface area contributed by atoms with E-state index in [1.807, 2.05) is 78.8 Å². The van der Waals surface area contributed by atoms with E-state index >= 15 is 0 Å². The van der Waals surface area contributed by atoms with Crippen LogP contribution in [0.5, 0.6) is 0 Å². The summed E-state index contributed by atoms with van der Waals surface area (Å²) in [7, 11) is -0.754. The predicted octanol–water partition coefficient (Wildman–Crippen LogP) is 4.30. The number of hydrogen-bond acceptors (Lipinski definition) is 6. The first-order valence-electron chi connectivity index (χ1n) is 15.0. The highest BCUT2D eigenvalue weighted by molar-refractivity contribution is 7.89. The molecule has 2 rings (SSSR count). The molecule has 0 aromatic heterocycles. The second kappa shape index (κ2) is 15.1. The first kappa shape index (κ1) is 37.6. The maximum Gasteiger partial charge on any atom is 0.260 e. The molecule has 0 bridgehead atoms. The fourth-order valence-corrected chi connectivity index (χ4v) is 6.37. The van der Waals surface area contributed by atoms with Gasteiger partial charge in [0.1, 0.15) is 11.9 Å². The van der Waals surface area contributed by atoms with Gasteiger partial charge < -0.3 is 15.5 Å². The number of rotatable bonds is 13. The lowest BCUT2D eigenvalue weighted by molar-refractivity contribution is -0.140. The zero-order valence-electron chi connectivity index (χ0n) is 28.1. The number of nitrogens with one attached hydrogen (secondary N) is 3. The number of amides is 3. The summed E-state index contributed by atoms with van der Waals surface area (Å²) in [6, 6.07) is 12.5. The molecule has 0 unspecified atom stereocenters. The number of hydrogen-bond donors (Lipinski definition) is 3. The van der Waals surface area contributed by atoms with Crippen LogP contribution in [-0.2, 0) is 35.6 Å². The van der Waals surface area contributed by atoms with Gasteiger partial charge in [0.05, 0.1) is 17.8 Å². The molecule has 2 aromatic rings. The van der Waals surface area contributed by atoms with Crippen LogP contribution in [0.4, 0.5) is 4.39 Å². The molecule has 248 valence electrons. The first-order chi connectivity index (χ1) is 20.7. The molecule has 9 nitrogen and oxygen atoms in total. The molecule has 11 heteroatoms. The fraction of sp³-hybridized carbons (Fsp3) is 0.500. The van der Waals surface area contributed by atoms with Crippen molar-refractivity contribution in [2.75, 3.05) is 14.1 Å². The Balaban J connectivity index is 2.29. The Bertz CT molecular complexity index is 1470. The molecular formula is C34H49FN4O5S. The Hall–Kier alpha value is -3.57. The van der Waals surface area contributed by atoms with Crippen LogP contribution in [0.3, 0.4) is 0 Å². The molecule has 45 heavy (non-hydrogen) atoms. The summed E-state index contributed by atoms with van der Waals surface area (Å²) in [5.41, 5.74) is 0.136. The van der Waals surface area contributed by atoms with Gasteiger partial charge in [-0.25, -0.2) is 17.5 Å². The van der Waals surface area contributed by atoms with Crippen molar-refractivity contribution in [3.05, 3.63) is 83.2 Å². The maximum absolute atomic E-state index is 14.0. The van der Waals surface area contributed by atoms with Crippen molar-refractivity contribution in [1.29, 1.82) is 0 Å². The van der Waals surface area contributed by atoms with E-state index in [2.05, 4.69) is 15.4 Å². The third-order valence-corrected chi connectivity index (χ3v) is 9.17. The second-order valence-corrected chi connectivity index (χ2v) is 15.2. The van der Waals surface area contributed by atoms with Crippen LogP contribution in [-0.4, -0.2) is 63.3 Å². The highest BCUT2D eigenvalue weighted by atomic mass is 32.2. The van der Waals surface area contributed by atoms with E-state index in [4.69, 9.17) is 0 Å². The van der Waals surface area contributed by atoms with Gasteiger partial charge in [-0.05, 0) is 48.6 Å². The molecule has 0 spiro atoms. The number of likely N-dealkylation sites (N-methyl/N-ethyl adjacent to an activating group) is 2. The molecular weight excluding hydrogens is 595 g/mol. The smallest absolute Gasteiger partial charge is 0.260 e. The fourth-order valence-electron chi connectivity index (χ4n) is 5.22. The molecule has 3 N–H and O–H groups in total. The average Bonchev–Trinajstić information content (AvgIpc) is 2.94. The number of nitrogens with zero attached hydrogens (tertiary/aromatic N) is 1. The SMILES string of the molecule is CN[C@H](C(=O)N[C@H](C(=O)N(C)[C@H](/C=C(\C)C(=O)NS(=O)(=O)Cc1ccc(F)cc1)C(C)C)C(C)(C)C)C(C)(C)c1ccccc1. The summed E-state index contributed by atoms with van der Waals surface area (Å²) in [6.07, 6.45) is 1.56. The quantitative estimate of drug-likeness (QED) is 0.280. The number of carbonyl (C=O) groups is 3. The molecule has 0 radical (unpaired) electrons. The number of benzene rings is 2. The van der Waals surface area contributed by atoms with Crippen molar-refractivity contribution >= 4 is 27.7 Å². The summed E-state index contributed by atoms with van der Waals surface area (Å²) < 4.78 is 40.5. The van der Waals surface area contributed by atoms with Crippen LogP contribution in [0, 0.1) is 17.2 Å². The minimum Gasteiger partial charge on any atom is -0.342 e. The lowest BCUT2D eigenvalue weighted by atomic mass is 9.76. The van der Waals surface area contributed by atoms with Crippen LogP contribution in [0.2, 0.25) is 0 Å². The highest BCUT2D eigenvalue weighted by Crippen LogP contribution is 2.29. The molecule has 0 aliphatic rings. The zero-order chi connectivity index (χ0) is 34.3. The van der Waals surface area contributed by atoms with Gasteiger partial charge in [-0.1, -0.05) is 97.0 Å². The summed E-state index contributed by atoms with van der Waals surface area (Å²) in [6.45, 7) is 14.8. The van der Waals surface area contributed by atoms with Gasteiger partial charge in [0.2, 0.25) is 21.8 Å². The lowest BCUT2D eigenvalue weighted by Crippen LogP contribution is -2.61. The van der Waals surface area contributed by atoms with E-state index in [-0.39, 0.29) is 23.3 Å². The van der Waals surface area contributed by atoms with Gasteiger partial charge in [0, 0.05) is 18.0 Å². The average molecular weight is 645 g/mol. The van der Waals surface area contributed by atoms with Crippen molar-refractivity contribution in [2.45, 2.75) is 84.7 Å². The van der Waals surface area contributed by atoms with E-state index in [9.17, 15) is 27.2 Å². The zero-order valence-corrected chi connectivity index (χ0v) is 28.9.